The Hall–Kier alpha value is -4.36. The van der Waals surface area contributed by atoms with Gasteiger partial charge < -0.3 is 4.74 Å². The number of ether oxygens (including phenoxy) is 1. The summed E-state index contributed by atoms with van der Waals surface area (Å²) in [4.78, 5) is 3.63. The fourth-order valence-corrected chi connectivity index (χ4v) is 6.71. The Balaban J connectivity index is 1.24. The molecule has 180 valence electrons. The second-order valence-corrected chi connectivity index (χ2v) is 11.2. The van der Waals surface area contributed by atoms with E-state index in [1.165, 1.54) is 9.75 Å². The molecule has 0 saturated carbocycles. The molecular weight excluding hydrogens is 501 g/mol. The highest BCUT2D eigenvalue weighted by Crippen LogP contribution is 2.44. The van der Waals surface area contributed by atoms with Gasteiger partial charge in [-0.25, -0.2) is 0 Å². The number of fused-ring (bicyclic) bond motifs is 3. The molecule has 0 unspecified atom stereocenters. The number of hydrogen-bond donors (Lipinski definition) is 0. The summed E-state index contributed by atoms with van der Waals surface area (Å²) >= 11 is 3.50. The van der Waals surface area contributed by atoms with Gasteiger partial charge in [0.25, 0.3) is 0 Å². The molecule has 7 rings (SSSR count). The molecule has 0 atom stereocenters. The lowest BCUT2D eigenvalue weighted by molar-refractivity contribution is 0.161. The van der Waals surface area contributed by atoms with E-state index in [0.717, 1.165) is 43.7 Å². The van der Waals surface area contributed by atoms with Crippen LogP contribution in [0.15, 0.2) is 127 Å². The van der Waals surface area contributed by atoms with Crippen molar-refractivity contribution in [3.8, 4) is 27.3 Å². The number of thiophene rings is 2. The Kier molecular flexibility index (Phi) is 5.70. The minimum absolute atomic E-state index is 0.669. The van der Waals surface area contributed by atoms with Crippen molar-refractivity contribution in [2.75, 3.05) is 0 Å². The summed E-state index contributed by atoms with van der Waals surface area (Å²) in [5.74, 6) is 7.60. The Morgan fingerprint density at radius 2 is 1.45 bits per heavy atom. The largest absolute Gasteiger partial charge is 0.473 e. The van der Waals surface area contributed by atoms with E-state index in [1.54, 1.807) is 22.7 Å². The molecule has 3 heteroatoms. The van der Waals surface area contributed by atoms with Crippen LogP contribution in [0.5, 0.6) is 5.75 Å². The molecule has 1 aliphatic heterocycles. The quantitative estimate of drug-likeness (QED) is 0.210. The molecule has 0 bridgehead atoms. The van der Waals surface area contributed by atoms with Gasteiger partial charge in [-0.2, -0.15) is 0 Å². The maximum atomic E-state index is 6.86. The maximum Gasteiger partial charge on any atom is 0.178 e. The van der Waals surface area contributed by atoms with Gasteiger partial charge in [0.2, 0.25) is 0 Å². The highest BCUT2D eigenvalue weighted by atomic mass is 32.1. The Bertz CT molecular complexity index is 1790. The SMILES string of the molecule is C(#Cc1ccc(-c2cccs2)s1)c1ccc2c3c(ccc2c1)OC(c1ccccc1)(c1ccccc1)C=C3. The Morgan fingerprint density at radius 1 is 0.658 bits per heavy atom. The zero-order valence-corrected chi connectivity index (χ0v) is 22.1. The van der Waals surface area contributed by atoms with Gasteiger partial charge in [0.05, 0.1) is 4.88 Å². The first-order valence-corrected chi connectivity index (χ1v) is 14.2. The van der Waals surface area contributed by atoms with Crippen molar-refractivity contribution in [2.24, 2.45) is 0 Å². The lowest BCUT2D eigenvalue weighted by atomic mass is 9.83. The average molecular weight is 523 g/mol. The summed E-state index contributed by atoms with van der Waals surface area (Å²) in [5.41, 5.74) is 3.65. The molecule has 0 N–H and O–H groups in total. The van der Waals surface area contributed by atoms with Gasteiger partial charge >= 0.3 is 0 Å². The highest BCUT2D eigenvalue weighted by molar-refractivity contribution is 7.21. The number of benzene rings is 4. The fraction of sp³-hybridized carbons (Fsp3) is 0.0286. The lowest BCUT2D eigenvalue weighted by Crippen LogP contribution is -2.34. The topological polar surface area (TPSA) is 9.23 Å². The summed E-state index contributed by atoms with van der Waals surface area (Å²) in [6.07, 6.45) is 4.40. The van der Waals surface area contributed by atoms with Crippen molar-refractivity contribution >= 4 is 39.5 Å². The summed E-state index contributed by atoms with van der Waals surface area (Å²) in [6.45, 7) is 0. The molecule has 6 aromatic rings. The Labute approximate surface area is 230 Å². The van der Waals surface area contributed by atoms with Crippen molar-refractivity contribution in [3.63, 3.8) is 0 Å². The molecule has 0 saturated heterocycles. The predicted molar refractivity (Wildman–Crippen MR) is 161 cm³/mol. The third-order valence-corrected chi connectivity index (χ3v) is 8.95. The van der Waals surface area contributed by atoms with Gasteiger partial charge in [0, 0.05) is 32.0 Å². The van der Waals surface area contributed by atoms with Crippen LogP contribution in [0.3, 0.4) is 0 Å². The van der Waals surface area contributed by atoms with E-state index >= 15 is 0 Å². The first-order valence-electron chi connectivity index (χ1n) is 12.5. The number of rotatable bonds is 3. The third kappa shape index (κ3) is 4.05. The molecule has 0 radical (unpaired) electrons. The minimum atomic E-state index is -0.669. The first-order chi connectivity index (χ1) is 18.8. The van der Waals surface area contributed by atoms with Gasteiger partial charge in [-0.05, 0) is 64.7 Å². The molecule has 2 aromatic heterocycles. The highest BCUT2D eigenvalue weighted by Gasteiger charge is 2.37. The molecule has 4 aromatic carbocycles. The third-order valence-electron chi connectivity index (χ3n) is 6.88. The lowest BCUT2D eigenvalue weighted by Gasteiger charge is -2.36. The van der Waals surface area contributed by atoms with E-state index in [9.17, 15) is 0 Å². The Morgan fingerprint density at radius 3 is 2.18 bits per heavy atom. The van der Waals surface area contributed by atoms with Gasteiger partial charge in [-0.3, -0.25) is 0 Å². The van der Waals surface area contributed by atoms with Gasteiger partial charge in [0.1, 0.15) is 5.75 Å². The van der Waals surface area contributed by atoms with E-state index < -0.39 is 5.60 Å². The molecular formula is C35H22OS2. The second kappa shape index (κ2) is 9.50. The van der Waals surface area contributed by atoms with Crippen LogP contribution >= 0.6 is 22.7 Å². The monoisotopic (exact) mass is 522 g/mol. The average Bonchev–Trinajstić information content (AvgIpc) is 3.69. The van der Waals surface area contributed by atoms with Crippen LogP contribution in [-0.2, 0) is 5.60 Å². The van der Waals surface area contributed by atoms with Gasteiger partial charge in [-0.15, -0.1) is 22.7 Å². The van der Waals surface area contributed by atoms with Gasteiger partial charge in [-0.1, -0.05) is 90.7 Å². The van der Waals surface area contributed by atoms with Crippen molar-refractivity contribution in [3.05, 3.63) is 154 Å². The van der Waals surface area contributed by atoms with Crippen LogP contribution in [0.1, 0.15) is 27.1 Å². The van der Waals surface area contributed by atoms with E-state index in [4.69, 9.17) is 4.74 Å². The molecule has 1 nitrogen and oxygen atoms in total. The van der Waals surface area contributed by atoms with Crippen LogP contribution in [0, 0.1) is 11.8 Å². The van der Waals surface area contributed by atoms with E-state index in [-0.39, 0.29) is 0 Å². The molecule has 3 heterocycles. The zero-order chi connectivity index (χ0) is 25.4. The standard InChI is InChI=1S/C35H22OS2/c1-3-8-27(9-4-1)35(28-10-5-2-6-11-28)22-21-31-30-18-14-25(24-26(30)15-19-32(31)36-35)13-16-29-17-20-34(38-29)33-12-7-23-37-33/h1-12,14-15,17-24H. The van der Waals surface area contributed by atoms with E-state index in [0.29, 0.717) is 0 Å². The van der Waals surface area contributed by atoms with Crippen LogP contribution in [0.4, 0.5) is 0 Å². The smallest absolute Gasteiger partial charge is 0.178 e. The van der Waals surface area contributed by atoms with Crippen LogP contribution in [-0.4, -0.2) is 0 Å². The summed E-state index contributed by atoms with van der Waals surface area (Å²) in [7, 11) is 0. The maximum absolute atomic E-state index is 6.86. The fourth-order valence-electron chi connectivity index (χ4n) is 5.02. The van der Waals surface area contributed by atoms with E-state index in [2.05, 4.69) is 133 Å². The van der Waals surface area contributed by atoms with Crippen LogP contribution in [0.25, 0.3) is 26.6 Å². The normalized spacial score (nSPS) is 13.4. The van der Waals surface area contributed by atoms with Gasteiger partial charge in [0.15, 0.2) is 5.60 Å². The molecule has 0 fully saturated rings. The van der Waals surface area contributed by atoms with Crippen molar-refractivity contribution in [1.29, 1.82) is 0 Å². The van der Waals surface area contributed by atoms with Crippen LogP contribution in [0.2, 0.25) is 0 Å². The van der Waals surface area contributed by atoms with Crippen molar-refractivity contribution in [1.82, 2.24) is 0 Å². The van der Waals surface area contributed by atoms with Crippen molar-refractivity contribution < 1.29 is 4.74 Å². The second-order valence-electron chi connectivity index (χ2n) is 9.21. The van der Waals surface area contributed by atoms with Crippen molar-refractivity contribution in [2.45, 2.75) is 5.60 Å². The molecule has 1 aliphatic rings. The molecule has 0 amide bonds. The number of hydrogen-bond acceptors (Lipinski definition) is 3. The summed E-state index contributed by atoms with van der Waals surface area (Å²) < 4.78 is 6.86. The van der Waals surface area contributed by atoms with E-state index in [1.807, 2.05) is 12.1 Å². The first kappa shape index (κ1) is 22.8. The molecule has 0 spiro atoms. The van der Waals surface area contributed by atoms with Crippen LogP contribution < -0.4 is 4.74 Å². The summed E-state index contributed by atoms with van der Waals surface area (Å²) in [5, 5.41) is 4.42. The predicted octanol–water partition coefficient (Wildman–Crippen LogP) is 9.38. The zero-order valence-electron chi connectivity index (χ0n) is 20.4. The summed E-state index contributed by atoms with van der Waals surface area (Å²) in [6, 6.07) is 40.0. The minimum Gasteiger partial charge on any atom is -0.473 e. The molecule has 38 heavy (non-hydrogen) atoms. The molecule has 0 aliphatic carbocycles.